The lowest BCUT2D eigenvalue weighted by atomic mass is 10.1. The summed E-state index contributed by atoms with van der Waals surface area (Å²) in [7, 11) is 0. The van der Waals surface area contributed by atoms with Crippen LogP contribution >= 0.6 is 0 Å². The van der Waals surface area contributed by atoms with Crippen LogP contribution in [0.1, 0.15) is 33.3 Å². The van der Waals surface area contributed by atoms with Gasteiger partial charge in [0.15, 0.2) is 0 Å². The Morgan fingerprint density at radius 1 is 0.812 bits per heavy atom. The maximum absolute atomic E-state index is 3.74. The summed E-state index contributed by atoms with van der Waals surface area (Å²) in [6, 6.07) is 14.7. The fraction of sp³-hybridized carbons (Fsp3) is 0.250. The average molecular weight is 214 g/mol. The topological polar surface area (TPSA) is 0 Å². The number of hydrogen-bond acceptors (Lipinski definition) is 0. The summed E-state index contributed by atoms with van der Waals surface area (Å²) in [6.07, 6.45) is 1.87. The van der Waals surface area contributed by atoms with Crippen LogP contribution in [0, 0.1) is 0 Å². The van der Waals surface area contributed by atoms with Crippen molar-refractivity contribution in [2.75, 3.05) is 0 Å². The van der Waals surface area contributed by atoms with Crippen molar-refractivity contribution < 1.29 is 0 Å². The minimum atomic E-state index is 1.17. The van der Waals surface area contributed by atoms with Crippen LogP contribution in [-0.2, 0) is 0 Å². The van der Waals surface area contributed by atoms with Gasteiger partial charge in [0.25, 0.3) is 0 Å². The van der Waals surface area contributed by atoms with Crippen molar-refractivity contribution in [1.29, 1.82) is 0 Å². The second-order valence-electron chi connectivity index (χ2n) is 2.81. The first-order chi connectivity index (χ1) is 7.90. The molecule has 0 aliphatic heterocycles. The molecule has 2 aromatic rings. The average Bonchev–Trinajstić information content (AvgIpc) is 2.42. The maximum Gasteiger partial charge on any atom is -0.0178 e. The molecule has 0 bridgehead atoms. The summed E-state index contributed by atoms with van der Waals surface area (Å²) >= 11 is 0. The first kappa shape index (κ1) is 14.4. The van der Waals surface area contributed by atoms with Gasteiger partial charge in [0.2, 0.25) is 0 Å². The zero-order valence-electron chi connectivity index (χ0n) is 10.8. The molecule has 0 unspecified atom stereocenters. The first-order valence-electron chi connectivity index (χ1n) is 6.01. The van der Waals surface area contributed by atoms with Crippen molar-refractivity contribution in [3.63, 3.8) is 0 Å². The highest BCUT2D eigenvalue weighted by atomic mass is 14.0. The highest BCUT2D eigenvalue weighted by Crippen LogP contribution is 2.15. The Morgan fingerprint density at radius 3 is 1.94 bits per heavy atom. The number of fused-ring (bicyclic) bond motifs is 1. The lowest BCUT2D eigenvalue weighted by molar-refractivity contribution is 1.50. The van der Waals surface area contributed by atoms with E-state index in [9.17, 15) is 0 Å². The van der Waals surface area contributed by atoms with E-state index in [1.165, 1.54) is 16.3 Å². The Labute approximate surface area is 99.6 Å². The van der Waals surface area contributed by atoms with Gasteiger partial charge in [0, 0.05) is 0 Å². The molecule has 0 saturated carbocycles. The third-order valence-electron chi connectivity index (χ3n) is 2.01. The Hall–Kier alpha value is -1.56. The van der Waals surface area contributed by atoms with E-state index in [1.54, 1.807) is 0 Å². The third kappa shape index (κ3) is 3.90. The van der Waals surface area contributed by atoms with E-state index in [1.807, 2.05) is 33.8 Å². The summed E-state index contributed by atoms with van der Waals surface area (Å²) < 4.78 is 0. The van der Waals surface area contributed by atoms with Crippen LogP contribution < -0.4 is 0 Å². The van der Waals surface area contributed by atoms with Crippen molar-refractivity contribution in [3.05, 3.63) is 54.6 Å². The maximum atomic E-state index is 3.74. The second kappa shape index (κ2) is 8.72. The van der Waals surface area contributed by atoms with Gasteiger partial charge in [-0.15, -0.1) is 0 Å². The Balaban J connectivity index is 0.000000509. The van der Waals surface area contributed by atoms with Crippen LogP contribution in [0.4, 0.5) is 0 Å². The standard InChI is InChI=1S/C12H10.2C2H6/c1-2-10-7-8-11-5-3-4-6-12(11)9-10;2*1-2/h2-9H,1H2;2*1-2H3. The van der Waals surface area contributed by atoms with E-state index in [0.717, 1.165) is 0 Å². The summed E-state index contributed by atoms with van der Waals surface area (Å²) in [5, 5.41) is 2.55. The zero-order chi connectivity index (χ0) is 12.4. The monoisotopic (exact) mass is 214 g/mol. The second-order valence-corrected chi connectivity index (χ2v) is 2.81. The van der Waals surface area contributed by atoms with Gasteiger partial charge < -0.3 is 0 Å². The van der Waals surface area contributed by atoms with Crippen molar-refractivity contribution >= 4 is 16.8 Å². The van der Waals surface area contributed by atoms with Crippen molar-refractivity contribution in [3.8, 4) is 0 Å². The molecule has 0 spiro atoms. The molecule has 16 heavy (non-hydrogen) atoms. The predicted molar refractivity (Wildman–Crippen MR) is 76.7 cm³/mol. The van der Waals surface area contributed by atoms with Gasteiger partial charge in [0.05, 0.1) is 0 Å². The lowest BCUT2D eigenvalue weighted by Gasteiger charge is -1.97. The Bertz CT molecular complexity index is 413. The molecule has 0 atom stereocenters. The zero-order valence-corrected chi connectivity index (χ0v) is 10.8. The molecule has 0 heterocycles. The van der Waals surface area contributed by atoms with Gasteiger partial charge in [-0.2, -0.15) is 0 Å². The largest absolute Gasteiger partial charge is 0.0985 e. The van der Waals surface area contributed by atoms with E-state index >= 15 is 0 Å². The molecule has 2 rings (SSSR count). The summed E-state index contributed by atoms with van der Waals surface area (Å²) in [5.74, 6) is 0. The van der Waals surface area contributed by atoms with E-state index in [0.29, 0.717) is 0 Å². The molecule has 0 nitrogen and oxygen atoms in total. The minimum Gasteiger partial charge on any atom is -0.0985 e. The first-order valence-corrected chi connectivity index (χ1v) is 6.01. The van der Waals surface area contributed by atoms with E-state index in [2.05, 4.69) is 49.0 Å². The quantitative estimate of drug-likeness (QED) is 0.585. The third-order valence-corrected chi connectivity index (χ3v) is 2.01. The minimum absolute atomic E-state index is 1.17. The van der Waals surface area contributed by atoms with E-state index < -0.39 is 0 Å². The molecule has 2 aromatic carbocycles. The Morgan fingerprint density at radius 2 is 1.38 bits per heavy atom. The van der Waals surface area contributed by atoms with Gasteiger partial charge in [0.1, 0.15) is 0 Å². The molecule has 0 radical (unpaired) electrons. The molecule has 0 heteroatoms. The highest BCUT2D eigenvalue weighted by Gasteiger charge is 1.90. The van der Waals surface area contributed by atoms with Gasteiger partial charge in [-0.1, -0.05) is 76.7 Å². The van der Waals surface area contributed by atoms with E-state index in [-0.39, 0.29) is 0 Å². The predicted octanol–water partition coefficient (Wildman–Crippen LogP) is 5.54. The van der Waals surface area contributed by atoms with Crippen LogP contribution in [0.2, 0.25) is 0 Å². The van der Waals surface area contributed by atoms with Crippen molar-refractivity contribution in [2.45, 2.75) is 27.7 Å². The summed E-state index contributed by atoms with van der Waals surface area (Å²) in [4.78, 5) is 0. The molecule has 0 fully saturated rings. The van der Waals surface area contributed by atoms with Gasteiger partial charge in [-0.25, -0.2) is 0 Å². The lowest BCUT2D eigenvalue weighted by Crippen LogP contribution is -1.73. The van der Waals surface area contributed by atoms with Crippen LogP contribution in [-0.4, -0.2) is 0 Å². The molecule has 0 N–H and O–H groups in total. The molecule has 0 aliphatic rings. The molecular weight excluding hydrogens is 192 g/mol. The molecule has 86 valence electrons. The number of benzene rings is 2. The smallest absolute Gasteiger partial charge is 0.0178 e. The van der Waals surface area contributed by atoms with E-state index in [4.69, 9.17) is 0 Å². The highest BCUT2D eigenvalue weighted by molar-refractivity contribution is 5.84. The number of rotatable bonds is 1. The fourth-order valence-electron chi connectivity index (χ4n) is 1.33. The normalized spacial score (nSPS) is 8.25. The number of hydrogen-bond donors (Lipinski definition) is 0. The molecule has 0 saturated heterocycles. The van der Waals surface area contributed by atoms with Crippen LogP contribution in [0.15, 0.2) is 49.0 Å². The van der Waals surface area contributed by atoms with Crippen LogP contribution in [0.25, 0.3) is 16.8 Å². The van der Waals surface area contributed by atoms with Crippen LogP contribution in [0.5, 0.6) is 0 Å². The molecule has 0 aliphatic carbocycles. The fourth-order valence-corrected chi connectivity index (χ4v) is 1.33. The summed E-state index contributed by atoms with van der Waals surface area (Å²) in [6.45, 7) is 11.7. The van der Waals surface area contributed by atoms with Crippen molar-refractivity contribution in [2.24, 2.45) is 0 Å². The SMILES string of the molecule is C=Cc1ccc2ccccc2c1.CC.CC. The van der Waals surface area contributed by atoms with Gasteiger partial charge in [-0.3, -0.25) is 0 Å². The molecule has 0 amide bonds. The molecular formula is C16H22. The Kier molecular flexibility index (Phi) is 7.87. The molecule has 0 aromatic heterocycles. The van der Waals surface area contributed by atoms with Gasteiger partial charge in [-0.05, 0) is 22.4 Å². The van der Waals surface area contributed by atoms with Crippen LogP contribution in [0.3, 0.4) is 0 Å². The van der Waals surface area contributed by atoms with Gasteiger partial charge >= 0.3 is 0 Å². The van der Waals surface area contributed by atoms with Crippen molar-refractivity contribution in [1.82, 2.24) is 0 Å². The summed E-state index contributed by atoms with van der Waals surface area (Å²) in [5.41, 5.74) is 1.17.